The predicted molar refractivity (Wildman–Crippen MR) is 64.3 cm³/mol. The van der Waals surface area contributed by atoms with Crippen molar-refractivity contribution in [1.82, 2.24) is 9.97 Å². The molecule has 90 valence electrons. The lowest BCUT2D eigenvalue weighted by atomic mass is 10.0. The van der Waals surface area contributed by atoms with Crippen LogP contribution < -0.4 is 10.5 Å². The third-order valence-corrected chi connectivity index (χ3v) is 2.24. The van der Waals surface area contributed by atoms with Crippen molar-refractivity contribution in [3.63, 3.8) is 0 Å². The molecule has 0 fully saturated rings. The monoisotopic (exact) mass is 223 g/mol. The summed E-state index contributed by atoms with van der Waals surface area (Å²) >= 11 is 0. The minimum atomic E-state index is 0.157. The second-order valence-corrected chi connectivity index (χ2v) is 4.37. The van der Waals surface area contributed by atoms with Gasteiger partial charge in [0.15, 0.2) is 0 Å². The Labute approximate surface area is 97.2 Å². The van der Waals surface area contributed by atoms with E-state index in [-0.39, 0.29) is 6.04 Å². The Morgan fingerprint density at radius 1 is 1.38 bits per heavy atom. The van der Waals surface area contributed by atoms with Crippen molar-refractivity contribution in [1.29, 1.82) is 0 Å². The summed E-state index contributed by atoms with van der Waals surface area (Å²) in [5, 5.41) is 0. The molecule has 4 heteroatoms. The van der Waals surface area contributed by atoms with E-state index in [4.69, 9.17) is 10.5 Å². The zero-order chi connectivity index (χ0) is 12.0. The highest BCUT2D eigenvalue weighted by molar-refractivity contribution is 5.14. The van der Waals surface area contributed by atoms with Crippen LogP contribution in [0.25, 0.3) is 0 Å². The van der Waals surface area contributed by atoms with Gasteiger partial charge >= 0.3 is 0 Å². The highest BCUT2D eigenvalue weighted by Crippen LogP contribution is 2.11. The first-order chi connectivity index (χ1) is 7.61. The molecule has 1 aromatic rings. The molecule has 1 atom stereocenters. The van der Waals surface area contributed by atoms with Crippen LogP contribution in [-0.4, -0.2) is 22.6 Å². The molecule has 16 heavy (non-hydrogen) atoms. The third-order valence-electron chi connectivity index (χ3n) is 2.24. The van der Waals surface area contributed by atoms with Crippen molar-refractivity contribution in [2.45, 2.75) is 39.7 Å². The minimum absolute atomic E-state index is 0.157. The number of ether oxygens (including phenoxy) is 1. The van der Waals surface area contributed by atoms with E-state index >= 15 is 0 Å². The van der Waals surface area contributed by atoms with E-state index in [1.54, 1.807) is 0 Å². The van der Waals surface area contributed by atoms with Crippen LogP contribution in [0.1, 0.15) is 32.9 Å². The average Bonchev–Trinajstić information content (AvgIpc) is 2.17. The van der Waals surface area contributed by atoms with E-state index in [1.165, 1.54) is 6.33 Å². The molecule has 4 nitrogen and oxygen atoms in total. The summed E-state index contributed by atoms with van der Waals surface area (Å²) in [7, 11) is 0. The average molecular weight is 223 g/mol. The highest BCUT2D eigenvalue weighted by atomic mass is 16.5. The van der Waals surface area contributed by atoms with Gasteiger partial charge in [0.05, 0.1) is 6.61 Å². The molecule has 0 amide bonds. The molecule has 0 aliphatic rings. The maximum Gasteiger partial charge on any atom is 0.216 e. The molecule has 0 aromatic carbocycles. The first-order valence-corrected chi connectivity index (χ1v) is 5.81. The second-order valence-electron chi connectivity index (χ2n) is 4.37. The van der Waals surface area contributed by atoms with Crippen molar-refractivity contribution >= 4 is 0 Å². The van der Waals surface area contributed by atoms with E-state index in [2.05, 4.69) is 23.8 Å². The molecule has 1 heterocycles. The summed E-state index contributed by atoms with van der Waals surface area (Å²) in [6.45, 7) is 6.90. The lowest BCUT2D eigenvalue weighted by Crippen LogP contribution is -2.25. The Hall–Kier alpha value is -1.16. The lowest BCUT2D eigenvalue weighted by Gasteiger charge is -2.13. The van der Waals surface area contributed by atoms with Gasteiger partial charge in [-0.15, -0.1) is 0 Å². The summed E-state index contributed by atoms with van der Waals surface area (Å²) in [6.07, 6.45) is 3.32. The van der Waals surface area contributed by atoms with Crippen LogP contribution in [0.15, 0.2) is 12.4 Å². The smallest absolute Gasteiger partial charge is 0.216 e. The first-order valence-electron chi connectivity index (χ1n) is 5.81. The third kappa shape index (κ3) is 4.57. The maximum absolute atomic E-state index is 6.03. The number of nitrogens with zero attached hydrogens (tertiary/aromatic N) is 2. The van der Waals surface area contributed by atoms with Gasteiger partial charge in [-0.05, 0) is 19.3 Å². The van der Waals surface area contributed by atoms with Crippen LogP contribution in [0.3, 0.4) is 0 Å². The normalized spacial score (nSPS) is 12.8. The van der Waals surface area contributed by atoms with E-state index in [0.29, 0.717) is 18.4 Å². The van der Waals surface area contributed by atoms with Gasteiger partial charge < -0.3 is 10.5 Å². The van der Waals surface area contributed by atoms with Gasteiger partial charge in [0.1, 0.15) is 6.33 Å². The van der Waals surface area contributed by atoms with E-state index < -0.39 is 0 Å². The molecule has 2 N–H and O–H groups in total. The van der Waals surface area contributed by atoms with Crippen LogP contribution in [0.5, 0.6) is 5.88 Å². The summed E-state index contributed by atoms with van der Waals surface area (Å²) in [5.41, 5.74) is 6.98. The quantitative estimate of drug-likeness (QED) is 0.798. The Morgan fingerprint density at radius 3 is 2.75 bits per heavy atom. The fourth-order valence-corrected chi connectivity index (χ4v) is 1.67. The number of rotatable bonds is 6. The van der Waals surface area contributed by atoms with E-state index in [9.17, 15) is 0 Å². The van der Waals surface area contributed by atoms with Gasteiger partial charge in [0.25, 0.3) is 0 Å². The standard InChI is InChI=1S/C12H21N3O/c1-4-16-12-7-11(14-8-15-12)6-10(13)5-9(2)3/h7-10H,4-6,13H2,1-3H3. The first kappa shape index (κ1) is 12.9. The van der Waals surface area contributed by atoms with Crippen LogP contribution in [0.4, 0.5) is 0 Å². The summed E-state index contributed by atoms with van der Waals surface area (Å²) in [6, 6.07) is 2.02. The molecular formula is C12H21N3O. The zero-order valence-corrected chi connectivity index (χ0v) is 10.3. The predicted octanol–water partition coefficient (Wildman–Crippen LogP) is 1.79. The van der Waals surface area contributed by atoms with Crippen LogP contribution in [0, 0.1) is 5.92 Å². The molecule has 0 aliphatic heterocycles. The largest absolute Gasteiger partial charge is 0.478 e. The van der Waals surface area contributed by atoms with Gasteiger partial charge in [0, 0.05) is 24.2 Å². The molecule has 0 saturated carbocycles. The minimum Gasteiger partial charge on any atom is -0.478 e. The van der Waals surface area contributed by atoms with Gasteiger partial charge in [-0.2, -0.15) is 0 Å². The summed E-state index contributed by atoms with van der Waals surface area (Å²) in [4.78, 5) is 8.22. The van der Waals surface area contributed by atoms with Gasteiger partial charge in [-0.25, -0.2) is 9.97 Å². The Kier molecular flexibility index (Phi) is 5.19. The summed E-state index contributed by atoms with van der Waals surface area (Å²) in [5.74, 6) is 1.24. The van der Waals surface area contributed by atoms with Gasteiger partial charge in [-0.1, -0.05) is 13.8 Å². The highest BCUT2D eigenvalue weighted by Gasteiger charge is 2.08. The summed E-state index contributed by atoms with van der Waals surface area (Å²) < 4.78 is 5.32. The van der Waals surface area contributed by atoms with Crippen LogP contribution in [-0.2, 0) is 6.42 Å². The van der Waals surface area contributed by atoms with Crippen molar-refractivity contribution in [3.05, 3.63) is 18.1 Å². The van der Waals surface area contributed by atoms with E-state index in [1.807, 2.05) is 13.0 Å². The molecule has 1 unspecified atom stereocenters. The van der Waals surface area contributed by atoms with Crippen molar-refractivity contribution < 1.29 is 4.74 Å². The Morgan fingerprint density at radius 2 is 2.12 bits per heavy atom. The number of hydrogen-bond acceptors (Lipinski definition) is 4. The molecule has 0 saturated heterocycles. The second kappa shape index (κ2) is 6.43. The Bertz CT molecular complexity index is 315. The topological polar surface area (TPSA) is 61.0 Å². The number of aromatic nitrogens is 2. The molecule has 1 rings (SSSR count). The lowest BCUT2D eigenvalue weighted by molar-refractivity contribution is 0.325. The van der Waals surface area contributed by atoms with E-state index in [0.717, 1.165) is 18.5 Å². The SMILES string of the molecule is CCOc1cc(CC(N)CC(C)C)ncn1. The van der Waals surface area contributed by atoms with Crippen molar-refractivity contribution in [2.75, 3.05) is 6.61 Å². The molecule has 0 bridgehead atoms. The number of nitrogens with two attached hydrogens (primary N) is 1. The van der Waals surface area contributed by atoms with Gasteiger partial charge in [-0.3, -0.25) is 0 Å². The zero-order valence-electron chi connectivity index (χ0n) is 10.3. The number of hydrogen-bond donors (Lipinski definition) is 1. The molecule has 0 spiro atoms. The van der Waals surface area contributed by atoms with Gasteiger partial charge in [0.2, 0.25) is 5.88 Å². The molecule has 0 aliphatic carbocycles. The fraction of sp³-hybridized carbons (Fsp3) is 0.667. The Balaban J connectivity index is 2.55. The van der Waals surface area contributed by atoms with Crippen LogP contribution in [0.2, 0.25) is 0 Å². The van der Waals surface area contributed by atoms with Crippen molar-refractivity contribution in [3.8, 4) is 5.88 Å². The molecule has 0 radical (unpaired) electrons. The molecule has 1 aromatic heterocycles. The fourth-order valence-electron chi connectivity index (χ4n) is 1.67. The van der Waals surface area contributed by atoms with Crippen molar-refractivity contribution in [2.24, 2.45) is 11.7 Å². The maximum atomic E-state index is 6.03. The molecular weight excluding hydrogens is 202 g/mol. The van der Waals surface area contributed by atoms with Crippen LogP contribution >= 0.6 is 0 Å².